The van der Waals surface area contributed by atoms with Crippen molar-refractivity contribution < 1.29 is 4.79 Å². The van der Waals surface area contributed by atoms with Crippen molar-refractivity contribution in [3.8, 4) is 11.1 Å². The number of hydrogen-bond donors (Lipinski definition) is 2. The number of allylic oxidation sites excluding steroid dienone is 1. The van der Waals surface area contributed by atoms with Gasteiger partial charge in [-0.3, -0.25) is 4.79 Å². The molecule has 0 spiro atoms. The molecular weight excluding hydrogens is 344 g/mol. The number of carbonyl (C=O) groups excluding carboxylic acids is 1. The molecule has 3 aromatic carbocycles. The Kier molecular flexibility index (Phi) is 4.06. The first-order valence-corrected chi connectivity index (χ1v) is 9.56. The number of para-hydroxylation sites is 1. The molecule has 136 valence electrons. The summed E-state index contributed by atoms with van der Waals surface area (Å²) in [7, 11) is 0. The van der Waals surface area contributed by atoms with Crippen LogP contribution in [0.25, 0.3) is 28.1 Å². The Bertz CT molecular complexity index is 1200. The smallest absolute Gasteiger partial charge is 0.257 e. The topological polar surface area (TPSA) is 44.9 Å². The maximum atomic E-state index is 12.7. The lowest BCUT2D eigenvalue weighted by molar-refractivity contribution is 0.102. The van der Waals surface area contributed by atoms with E-state index in [1.54, 1.807) is 6.20 Å². The number of anilines is 1. The SMILES string of the molecule is O=C(Nc1ccc(-c2cccc3c2C=CCC3)cc1)c1c[nH]c2ccccc12. The Hall–Kier alpha value is -3.59. The van der Waals surface area contributed by atoms with Crippen molar-refractivity contribution in [1.82, 2.24) is 4.98 Å². The molecule has 1 aliphatic rings. The van der Waals surface area contributed by atoms with Crippen molar-refractivity contribution in [3.05, 3.63) is 95.7 Å². The Morgan fingerprint density at radius 2 is 1.79 bits per heavy atom. The van der Waals surface area contributed by atoms with Gasteiger partial charge >= 0.3 is 0 Å². The average Bonchev–Trinajstić information content (AvgIpc) is 3.18. The van der Waals surface area contributed by atoms with Gasteiger partial charge in [-0.2, -0.15) is 0 Å². The predicted molar refractivity (Wildman–Crippen MR) is 115 cm³/mol. The van der Waals surface area contributed by atoms with Crippen molar-refractivity contribution in [2.45, 2.75) is 12.8 Å². The van der Waals surface area contributed by atoms with Crippen LogP contribution in [0.15, 0.2) is 79.0 Å². The summed E-state index contributed by atoms with van der Waals surface area (Å²) in [6.45, 7) is 0. The molecule has 0 fully saturated rings. The largest absolute Gasteiger partial charge is 0.360 e. The van der Waals surface area contributed by atoms with E-state index in [1.807, 2.05) is 36.4 Å². The number of aryl methyl sites for hydroxylation is 1. The number of amides is 1. The van der Waals surface area contributed by atoms with Gasteiger partial charge < -0.3 is 10.3 Å². The van der Waals surface area contributed by atoms with Crippen LogP contribution in [-0.4, -0.2) is 10.9 Å². The Labute approximate surface area is 163 Å². The first-order chi connectivity index (χ1) is 13.8. The minimum absolute atomic E-state index is 0.106. The van der Waals surface area contributed by atoms with Gasteiger partial charge in [-0.25, -0.2) is 0 Å². The summed E-state index contributed by atoms with van der Waals surface area (Å²) in [6.07, 6.45) is 8.42. The summed E-state index contributed by atoms with van der Waals surface area (Å²) in [5.41, 5.74) is 7.52. The van der Waals surface area contributed by atoms with E-state index in [2.05, 4.69) is 52.8 Å². The third-order valence-corrected chi connectivity index (χ3v) is 5.35. The van der Waals surface area contributed by atoms with Crippen molar-refractivity contribution in [3.63, 3.8) is 0 Å². The molecule has 3 nitrogen and oxygen atoms in total. The van der Waals surface area contributed by atoms with Gasteiger partial charge in [-0.1, -0.05) is 60.7 Å². The number of benzene rings is 3. The highest BCUT2D eigenvalue weighted by atomic mass is 16.1. The van der Waals surface area contributed by atoms with Crippen LogP contribution in [0, 0.1) is 0 Å². The lowest BCUT2D eigenvalue weighted by atomic mass is 9.90. The second-order valence-electron chi connectivity index (χ2n) is 7.10. The summed E-state index contributed by atoms with van der Waals surface area (Å²) in [5, 5.41) is 3.93. The van der Waals surface area contributed by atoms with Crippen molar-refractivity contribution in [1.29, 1.82) is 0 Å². The fourth-order valence-corrected chi connectivity index (χ4v) is 3.91. The number of carbonyl (C=O) groups is 1. The monoisotopic (exact) mass is 364 g/mol. The summed E-state index contributed by atoms with van der Waals surface area (Å²) in [6, 6.07) is 22.4. The molecule has 1 aromatic heterocycles. The standard InChI is InChI=1S/C25H20N2O/c28-25(23-16-26-24-11-4-3-9-22(23)24)27-19-14-12-18(13-15-19)21-10-5-7-17-6-1-2-8-20(17)21/h2-5,7-16,26H,1,6H2,(H,27,28). The van der Waals surface area contributed by atoms with Gasteiger partial charge in [-0.05, 0) is 53.3 Å². The normalized spacial score (nSPS) is 12.7. The van der Waals surface area contributed by atoms with E-state index in [9.17, 15) is 4.79 Å². The molecule has 3 heteroatoms. The van der Waals surface area contributed by atoms with Gasteiger partial charge in [0.25, 0.3) is 5.91 Å². The zero-order valence-corrected chi connectivity index (χ0v) is 15.4. The molecule has 0 saturated heterocycles. The van der Waals surface area contributed by atoms with Crippen molar-refractivity contribution in [2.75, 3.05) is 5.32 Å². The molecule has 5 rings (SSSR count). The molecule has 0 atom stereocenters. The number of hydrogen-bond acceptors (Lipinski definition) is 1. The highest BCUT2D eigenvalue weighted by molar-refractivity contribution is 6.12. The molecule has 1 aliphatic carbocycles. The number of fused-ring (bicyclic) bond motifs is 2. The molecule has 0 unspecified atom stereocenters. The van der Waals surface area contributed by atoms with Gasteiger partial charge in [0.2, 0.25) is 0 Å². The molecule has 0 saturated carbocycles. The molecule has 2 N–H and O–H groups in total. The van der Waals surface area contributed by atoms with Crippen LogP contribution >= 0.6 is 0 Å². The van der Waals surface area contributed by atoms with Gasteiger partial charge in [-0.15, -0.1) is 0 Å². The van der Waals surface area contributed by atoms with E-state index >= 15 is 0 Å². The molecule has 0 bridgehead atoms. The predicted octanol–water partition coefficient (Wildman–Crippen LogP) is 6.05. The van der Waals surface area contributed by atoms with Crippen LogP contribution in [0.2, 0.25) is 0 Å². The number of aromatic nitrogens is 1. The average molecular weight is 364 g/mol. The molecule has 1 amide bonds. The van der Waals surface area contributed by atoms with Crippen LogP contribution in [-0.2, 0) is 6.42 Å². The van der Waals surface area contributed by atoms with Crippen LogP contribution in [0.4, 0.5) is 5.69 Å². The van der Waals surface area contributed by atoms with E-state index in [0.29, 0.717) is 5.56 Å². The maximum absolute atomic E-state index is 12.7. The molecule has 4 aromatic rings. The third-order valence-electron chi connectivity index (χ3n) is 5.35. The van der Waals surface area contributed by atoms with Crippen LogP contribution in [0.1, 0.15) is 27.9 Å². The molecule has 0 radical (unpaired) electrons. The Balaban J connectivity index is 1.40. The molecular formula is C25H20N2O. The minimum atomic E-state index is -0.106. The molecule has 28 heavy (non-hydrogen) atoms. The maximum Gasteiger partial charge on any atom is 0.257 e. The number of rotatable bonds is 3. The van der Waals surface area contributed by atoms with E-state index in [-0.39, 0.29) is 5.91 Å². The summed E-state index contributed by atoms with van der Waals surface area (Å²) in [4.78, 5) is 15.8. The highest BCUT2D eigenvalue weighted by Gasteiger charge is 2.13. The zero-order chi connectivity index (χ0) is 18.9. The fraction of sp³-hybridized carbons (Fsp3) is 0.0800. The lowest BCUT2D eigenvalue weighted by Crippen LogP contribution is -2.11. The summed E-state index contributed by atoms with van der Waals surface area (Å²) < 4.78 is 0. The highest BCUT2D eigenvalue weighted by Crippen LogP contribution is 2.31. The first kappa shape index (κ1) is 16.6. The van der Waals surface area contributed by atoms with Crippen molar-refractivity contribution in [2.24, 2.45) is 0 Å². The van der Waals surface area contributed by atoms with Gasteiger partial charge in [0.15, 0.2) is 0 Å². The van der Waals surface area contributed by atoms with Gasteiger partial charge in [0, 0.05) is 22.8 Å². The van der Waals surface area contributed by atoms with E-state index in [0.717, 1.165) is 35.0 Å². The van der Waals surface area contributed by atoms with E-state index in [1.165, 1.54) is 16.7 Å². The second kappa shape index (κ2) is 6.86. The van der Waals surface area contributed by atoms with Crippen LogP contribution in [0.3, 0.4) is 0 Å². The third kappa shape index (κ3) is 2.91. The number of nitrogens with one attached hydrogen (secondary N) is 2. The molecule has 0 aliphatic heterocycles. The van der Waals surface area contributed by atoms with Gasteiger partial charge in [0.05, 0.1) is 5.56 Å². The summed E-state index contributed by atoms with van der Waals surface area (Å²) >= 11 is 0. The quantitative estimate of drug-likeness (QED) is 0.457. The van der Waals surface area contributed by atoms with Gasteiger partial charge in [0.1, 0.15) is 0 Å². The number of aromatic amines is 1. The molecule has 1 heterocycles. The van der Waals surface area contributed by atoms with Crippen LogP contribution < -0.4 is 5.32 Å². The zero-order valence-electron chi connectivity index (χ0n) is 15.4. The van der Waals surface area contributed by atoms with E-state index in [4.69, 9.17) is 0 Å². The van der Waals surface area contributed by atoms with Crippen molar-refractivity contribution >= 4 is 28.6 Å². The minimum Gasteiger partial charge on any atom is -0.360 e. The van der Waals surface area contributed by atoms with E-state index < -0.39 is 0 Å². The first-order valence-electron chi connectivity index (χ1n) is 9.56. The fourth-order valence-electron chi connectivity index (χ4n) is 3.91. The number of H-pyrrole nitrogens is 1. The Morgan fingerprint density at radius 1 is 0.929 bits per heavy atom. The van der Waals surface area contributed by atoms with Crippen LogP contribution in [0.5, 0.6) is 0 Å². The Morgan fingerprint density at radius 3 is 2.68 bits per heavy atom. The summed E-state index contributed by atoms with van der Waals surface area (Å²) in [5.74, 6) is -0.106. The lowest BCUT2D eigenvalue weighted by Gasteiger charge is -2.15. The second-order valence-corrected chi connectivity index (χ2v) is 7.10.